The average Bonchev–Trinajstić information content (AvgIpc) is 3.72. The number of imidazole rings is 1. The highest BCUT2D eigenvalue weighted by molar-refractivity contribution is 6.76. The molecule has 0 saturated carbocycles. The van der Waals surface area contributed by atoms with Crippen LogP contribution in [0.15, 0.2) is 42.7 Å². The molecular formula is C31H39N7O2Si. The van der Waals surface area contributed by atoms with Gasteiger partial charge >= 0.3 is 0 Å². The summed E-state index contributed by atoms with van der Waals surface area (Å²) in [5.74, 6) is 9.62. The highest BCUT2D eigenvalue weighted by atomic mass is 28.3. The second kappa shape index (κ2) is 11.4. The molecule has 2 fully saturated rings. The van der Waals surface area contributed by atoms with Gasteiger partial charge in [-0.2, -0.15) is 5.10 Å². The predicted molar refractivity (Wildman–Crippen MR) is 163 cm³/mol. The molecule has 0 N–H and O–H groups in total. The molecule has 9 nitrogen and oxygen atoms in total. The fraction of sp³-hybridized carbons (Fsp3) is 0.484. The summed E-state index contributed by atoms with van der Waals surface area (Å²) in [4.78, 5) is 17.1. The Bertz CT molecular complexity index is 1570. The van der Waals surface area contributed by atoms with Crippen LogP contribution in [0.25, 0.3) is 22.3 Å². The Morgan fingerprint density at radius 2 is 1.78 bits per heavy atom. The Labute approximate surface area is 242 Å². The number of aromatic nitrogens is 6. The maximum Gasteiger partial charge on any atom is 0.209 e. The van der Waals surface area contributed by atoms with Gasteiger partial charge in [-0.05, 0) is 31.7 Å². The van der Waals surface area contributed by atoms with Crippen LogP contribution >= 0.6 is 0 Å². The van der Waals surface area contributed by atoms with Gasteiger partial charge in [-0.15, -0.1) is 0 Å². The van der Waals surface area contributed by atoms with Crippen LogP contribution in [0.2, 0.25) is 25.7 Å². The monoisotopic (exact) mass is 569 g/mol. The van der Waals surface area contributed by atoms with E-state index >= 15 is 0 Å². The highest BCUT2D eigenvalue weighted by Gasteiger charge is 2.38. The number of hydrogen-bond acceptors (Lipinski definition) is 7. The van der Waals surface area contributed by atoms with E-state index in [0.717, 1.165) is 67.1 Å². The third-order valence-electron chi connectivity index (χ3n) is 7.82. The SMILES string of the molecule is CC(C)n1ncc2c(N3C[C@H]4COC[C@H]4C3)nc(C#Cc3nc(-c4ccccc4)cn3COCC[Si](C)(C)C)nc21. The van der Waals surface area contributed by atoms with E-state index in [1.807, 2.05) is 39.8 Å². The summed E-state index contributed by atoms with van der Waals surface area (Å²) in [7, 11) is -1.18. The Kier molecular flexibility index (Phi) is 7.68. The van der Waals surface area contributed by atoms with Crippen LogP contribution in [0.5, 0.6) is 0 Å². The van der Waals surface area contributed by atoms with E-state index in [1.54, 1.807) is 0 Å². The number of anilines is 1. The number of nitrogens with zero attached hydrogens (tertiary/aromatic N) is 7. The van der Waals surface area contributed by atoms with Gasteiger partial charge in [0.15, 0.2) is 11.5 Å². The smallest absolute Gasteiger partial charge is 0.209 e. The summed E-state index contributed by atoms with van der Waals surface area (Å²) in [6, 6.07) is 11.4. The standard InChI is InChI=1S/C31H39N7O2Si/c1-22(2)38-31-26(15-32-38)30(36-16-24-19-40-20-25(24)17-36)34-28(35-31)11-12-29-33-27(23-9-7-6-8-10-23)18-37(29)21-39-13-14-41(3,4)5/h6-10,15,18,22,24-25H,13-14,16-17,19-21H2,1-5H3/t24-,25+. The molecule has 41 heavy (non-hydrogen) atoms. The zero-order chi connectivity index (χ0) is 28.6. The van der Waals surface area contributed by atoms with Crippen LogP contribution in [0.4, 0.5) is 5.82 Å². The van der Waals surface area contributed by atoms with Crippen LogP contribution in [0, 0.1) is 23.7 Å². The van der Waals surface area contributed by atoms with Crippen LogP contribution in [0.1, 0.15) is 31.5 Å². The molecule has 3 aromatic heterocycles. The summed E-state index contributed by atoms with van der Waals surface area (Å²) in [6.45, 7) is 15.9. The molecule has 214 valence electrons. The molecular weight excluding hydrogens is 530 g/mol. The van der Waals surface area contributed by atoms with Crippen LogP contribution < -0.4 is 4.90 Å². The summed E-state index contributed by atoms with van der Waals surface area (Å²) >= 11 is 0. The van der Waals surface area contributed by atoms with Gasteiger partial charge in [0.25, 0.3) is 0 Å². The van der Waals surface area contributed by atoms with Gasteiger partial charge in [0.1, 0.15) is 12.5 Å². The van der Waals surface area contributed by atoms with Gasteiger partial charge in [-0.25, -0.2) is 19.6 Å². The largest absolute Gasteiger partial charge is 0.381 e. The Morgan fingerprint density at radius 3 is 2.49 bits per heavy atom. The topological polar surface area (TPSA) is 83.1 Å². The van der Waals surface area contributed by atoms with Gasteiger partial charge in [0, 0.05) is 57.4 Å². The van der Waals surface area contributed by atoms with Crippen molar-refractivity contribution < 1.29 is 9.47 Å². The molecule has 2 atom stereocenters. The lowest BCUT2D eigenvalue weighted by molar-refractivity contribution is 0.0866. The Hall–Kier alpha value is -3.52. The quantitative estimate of drug-likeness (QED) is 0.167. The first-order valence-electron chi connectivity index (χ1n) is 14.6. The van der Waals surface area contributed by atoms with Crippen LogP contribution in [0.3, 0.4) is 0 Å². The normalized spacial score (nSPS) is 18.7. The van der Waals surface area contributed by atoms with Crippen molar-refractivity contribution in [1.29, 1.82) is 0 Å². The Morgan fingerprint density at radius 1 is 1.02 bits per heavy atom. The molecule has 0 amide bonds. The number of rotatable bonds is 8. The second-order valence-corrected chi connectivity index (χ2v) is 18.3. The molecule has 0 unspecified atom stereocenters. The van der Waals surface area contributed by atoms with E-state index < -0.39 is 8.07 Å². The zero-order valence-electron chi connectivity index (χ0n) is 24.7. The fourth-order valence-electron chi connectivity index (χ4n) is 5.46. The van der Waals surface area contributed by atoms with Crippen molar-refractivity contribution in [2.24, 2.45) is 11.8 Å². The molecule has 1 aromatic carbocycles. The van der Waals surface area contributed by atoms with Gasteiger partial charge < -0.3 is 14.4 Å². The number of hydrogen-bond donors (Lipinski definition) is 0. The summed E-state index contributed by atoms with van der Waals surface area (Å²) in [5.41, 5.74) is 2.72. The minimum absolute atomic E-state index is 0.169. The lowest BCUT2D eigenvalue weighted by Crippen LogP contribution is -2.24. The lowest BCUT2D eigenvalue weighted by Gasteiger charge is -2.19. The molecule has 0 aliphatic carbocycles. The fourth-order valence-corrected chi connectivity index (χ4v) is 6.22. The summed E-state index contributed by atoms with van der Waals surface area (Å²) < 4.78 is 15.7. The number of fused-ring (bicyclic) bond motifs is 2. The third kappa shape index (κ3) is 6.08. The van der Waals surface area contributed by atoms with Crippen LogP contribution in [-0.4, -0.2) is 70.3 Å². The lowest BCUT2D eigenvalue weighted by atomic mass is 10.0. The van der Waals surface area contributed by atoms with Crippen molar-refractivity contribution >= 4 is 24.9 Å². The van der Waals surface area contributed by atoms with Crippen LogP contribution in [-0.2, 0) is 16.2 Å². The van der Waals surface area contributed by atoms with Crippen molar-refractivity contribution in [3.05, 3.63) is 54.4 Å². The molecule has 0 bridgehead atoms. The molecule has 0 radical (unpaired) electrons. The van der Waals surface area contributed by atoms with Crippen molar-refractivity contribution in [1.82, 2.24) is 29.3 Å². The molecule has 0 spiro atoms. The zero-order valence-corrected chi connectivity index (χ0v) is 25.7. The maximum absolute atomic E-state index is 6.08. The maximum atomic E-state index is 6.08. The summed E-state index contributed by atoms with van der Waals surface area (Å²) in [6.07, 6.45) is 3.91. The minimum Gasteiger partial charge on any atom is -0.381 e. The molecule has 2 saturated heterocycles. The van der Waals surface area contributed by atoms with E-state index in [0.29, 0.717) is 30.2 Å². The summed E-state index contributed by atoms with van der Waals surface area (Å²) in [5, 5.41) is 5.62. The van der Waals surface area contributed by atoms with E-state index in [2.05, 4.69) is 67.5 Å². The van der Waals surface area contributed by atoms with Crippen molar-refractivity contribution in [2.75, 3.05) is 37.8 Å². The third-order valence-corrected chi connectivity index (χ3v) is 9.53. The molecule has 6 rings (SSSR count). The predicted octanol–water partition coefficient (Wildman–Crippen LogP) is 5.07. The van der Waals surface area contributed by atoms with E-state index in [-0.39, 0.29) is 6.04 Å². The van der Waals surface area contributed by atoms with Crippen molar-refractivity contribution in [2.45, 2.75) is 52.3 Å². The molecule has 2 aliphatic rings. The molecule has 5 heterocycles. The van der Waals surface area contributed by atoms with Gasteiger partial charge in [-0.3, -0.25) is 4.57 Å². The molecule has 4 aromatic rings. The highest BCUT2D eigenvalue weighted by Crippen LogP contribution is 2.35. The number of ether oxygens (including phenoxy) is 2. The molecule has 10 heteroatoms. The van der Waals surface area contributed by atoms with Gasteiger partial charge in [-0.1, -0.05) is 50.0 Å². The van der Waals surface area contributed by atoms with Gasteiger partial charge in [0.05, 0.1) is 30.5 Å². The first kappa shape index (κ1) is 27.6. The molecule has 2 aliphatic heterocycles. The van der Waals surface area contributed by atoms with E-state index in [9.17, 15) is 0 Å². The second-order valence-electron chi connectivity index (χ2n) is 12.6. The minimum atomic E-state index is -1.18. The van der Waals surface area contributed by atoms with Crippen molar-refractivity contribution in [3.63, 3.8) is 0 Å². The average molecular weight is 570 g/mol. The first-order chi connectivity index (χ1) is 19.7. The first-order valence-corrected chi connectivity index (χ1v) is 18.3. The van der Waals surface area contributed by atoms with E-state index in [1.165, 1.54) is 0 Å². The number of benzene rings is 1. The van der Waals surface area contributed by atoms with E-state index in [4.69, 9.17) is 24.4 Å². The Balaban J connectivity index is 1.35. The van der Waals surface area contributed by atoms with Gasteiger partial charge in [0.2, 0.25) is 5.82 Å². The van der Waals surface area contributed by atoms with Crippen molar-refractivity contribution in [3.8, 4) is 23.1 Å².